The summed E-state index contributed by atoms with van der Waals surface area (Å²) in [5, 5.41) is 17.5. The molecule has 0 spiro atoms. The van der Waals surface area contributed by atoms with Gasteiger partial charge in [-0.25, -0.2) is 0 Å². The lowest BCUT2D eigenvalue weighted by Crippen LogP contribution is -2.59. The van der Waals surface area contributed by atoms with Crippen LogP contribution in [0.5, 0.6) is 0 Å². The van der Waals surface area contributed by atoms with Crippen LogP contribution in [-0.2, 0) is 35.4 Å². The number of benzene rings is 1. The van der Waals surface area contributed by atoms with Crippen molar-refractivity contribution in [2.75, 3.05) is 43.4 Å². The summed E-state index contributed by atoms with van der Waals surface area (Å²) in [6, 6.07) is 4.84. The van der Waals surface area contributed by atoms with Crippen LogP contribution in [0, 0.1) is 5.92 Å². The highest BCUT2D eigenvalue weighted by atomic mass is 32.2. The number of anilines is 1. The highest BCUT2D eigenvalue weighted by molar-refractivity contribution is 7.99. The normalized spacial score (nSPS) is 14.2. The Bertz CT molecular complexity index is 1230. The summed E-state index contributed by atoms with van der Waals surface area (Å²) < 4.78 is 0. The van der Waals surface area contributed by atoms with Crippen molar-refractivity contribution in [2.24, 2.45) is 11.7 Å². The molecule has 2 rings (SSSR count). The van der Waals surface area contributed by atoms with Gasteiger partial charge in [-0.05, 0) is 55.2 Å². The molecule has 252 valence electrons. The van der Waals surface area contributed by atoms with Crippen LogP contribution < -0.4 is 21.7 Å². The second-order valence-corrected chi connectivity index (χ2v) is 12.1. The summed E-state index contributed by atoms with van der Waals surface area (Å²) in [5.41, 5.74) is 6.84. The van der Waals surface area contributed by atoms with Gasteiger partial charge in [-0.2, -0.15) is 11.8 Å². The Morgan fingerprint density at radius 2 is 1.52 bits per heavy atom. The van der Waals surface area contributed by atoms with E-state index >= 15 is 0 Å². The first kappa shape index (κ1) is 38.0. The maximum atomic E-state index is 13.2. The summed E-state index contributed by atoms with van der Waals surface area (Å²) in [6.45, 7) is 10.7. The molecule has 0 bridgehead atoms. The van der Waals surface area contributed by atoms with Crippen LogP contribution in [-0.4, -0.2) is 105 Å². The Kier molecular flexibility index (Phi) is 16.0. The van der Waals surface area contributed by atoms with Crippen molar-refractivity contribution >= 4 is 52.9 Å². The van der Waals surface area contributed by atoms with E-state index in [1.54, 1.807) is 38.1 Å². The minimum atomic E-state index is -0.915. The number of hydrogen-bond acceptors (Lipinski definition) is 9. The lowest BCUT2D eigenvalue weighted by molar-refractivity contribution is -0.154. The Balaban J connectivity index is 1.91. The van der Waals surface area contributed by atoms with Crippen molar-refractivity contribution in [3.05, 3.63) is 55.1 Å². The first-order valence-electron chi connectivity index (χ1n) is 14.9. The van der Waals surface area contributed by atoms with Crippen molar-refractivity contribution in [3.63, 3.8) is 0 Å². The molecule has 15 heteroatoms. The molecule has 0 unspecified atom stereocenters. The van der Waals surface area contributed by atoms with Crippen molar-refractivity contribution in [1.29, 1.82) is 0 Å². The third-order valence-corrected chi connectivity index (χ3v) is 8.00. The molecule has 1 aromatic carbocycles. The number of hydrogen-bond donors (Lipinski definition) is 5. The van der Waals surface area contributed by atoms with Gasteiger partial charge >= 0.3 is 0 Å². The lowest BCUT2D eigenvalue weighted by atomic mass is 10.0. The Labute approximate surface area is 273 Å². The number of carbonyl (C=O) groups is 6. The quantitative estimate of drug-likeness (QED) is 0.116. The summed E-state index contributed by atoms with van der Waals surface area (Å²) in [7, 11) is 0. The average molecular weight is 660 g/mol. The molecule has 0 aromatic heterocycles. The van der Waals surface area contributed by atoms with E-state index in [-0.39, 0.29) is 56.4 Å². The van der Waals surface area contributed by atoms with Gasteiger partial charge in [-0.3, -0.25) is 28.8 Å². The van der Waals surface area contributed by atoms with Gasteiger partial charge in [0.1, 0.15) is 12.1 Å². The SMILES string of the molecule is C=CC(=O)N1CN(C(=O)C=C)CN(C(=O)CCSCC(=O)N[C@H](C(=O)N[C@@H](CCCN)C(=O)Nc2ccc(CO)cc2)C(C)C)C1. The van der Waals surface area contributed by atoms with Gasteiger partial charge < -0.3 is 41.5 Å². The van der Waals surface area contributed by atoms with E-state index in [4.69, 9.17) is 5.73 Å². The van der Waals surface area contributed by atoms with E-state index in [0.29, 0.717) is 30.6 Å². The molecule has 0 radical (unpaired) electrons. The van der Waals surface area contributed by atoms with E-state index in [9.17, 15) is 33.9 Å². The summed E-state index contributed by atoms with van der Waals surface area (Å²) in [5.74, 6) is -2.54. The van der Waals surface area contributed by atoms with Crippen molar-refractivity contribution < 1.29 is 33.9 Å². The number of aliphatic hydroxyl groups is 1. The fraction of sp³-hybridized carbons (Fsp3) is 0.484. The van der Waals surface area contributed by atoms with Crippen molar-refractivity contribution in [2.45, 2.75) is 51.8 Å². The van der Waals surface area contributed by atoms with E-state index in [1.807, 2.05) is 0 Å². The summed E-state index contributed by atoms with van der Waals surface area (Å²) in [4.78, 5) is 80.2. The average Bonchev–Trinajstić information content (AvgIpc) is 3.06. The minimum Gasteiger partial charge on any atom is -0.392 e. The molecule has 1 fully saturated rings. The number of thioether (sulfide) groups is 1. The smallest absolute Gasteiger partial charge is 0.248 e. The minimum absolute atomic E-state index is 0.00122. The zero-order valence-electron chi connectivity index (χ0n) is 26.4. The van der Waals surface area contributed by atoms with Gasteiger partial charge in [0.15, 0.2) is 0 Å². The largest absolute Gasteiger partial charge is 0.392 e. The Morgan fingerprint density at radius 1 is 0.935 bits per heavy atom. The molecule has 6 amide bonds. The maximum Gasteiger partial charge on any atom is 0.248 e. The molecular formula is C31H45N7O7S. The van der Waals surface area contributed by atoms with Crippen LogP contribution in [0.25, 0.3) is 0 Å². The molecule has 6 N–H and O–H groups in total. The van der Waals surface area contributed by atoms with Crippen LogP contribution in [0.1, 0.15) is 38.7 Å². The molecule has 46 heavy (non-hydrogen) atoms. The van der Waals surface area contributed by atoms with E-state index in [2.05, 4.69) is 29.1 Å². The molecule has 1 aliphatic rings. The van der Waals surface area contributed by atoms with E-state index in [1.165, 1.54) is 26.5 Å². The number of aliphatic hydroxyl groups excluding tert-OH is 1. The second-order valence-electron chi connectivity index (χ2n) is 11.0. The summed E-state index contributed by atoms with van der Waals surface area (Å²) in [6.07, 6.45) is 3.05. The van der Waals surface area contributed by atoms with Crippen LogP contribution >= 0.6 is 11.8 Å². The number of nitrogens with two attached hydrogens (primary N) is 1. The number of carbonyl (C=O) groups excluding carboxylic acids is 6. The molecule has 2 atom stereocenters. The molecule has 1 aromatic rings. The highest BCUT2D eigenvalue weighted by Gasteiger charge is 2.31. The van der Waals surface area contributed by atoms with Crippen LogP contribution in [0.3, 0.4) is 0 Å². The molecule has 0 saturated carbocycles. The van der Waals surface area contributed by atoms with Gasteiger partial charge in [0.2, 0.25) is 35.4 Å². The maximum absolute atomic E-state index is 13.2. The Morgan fingerprint density at radius 3 is 2.04 bits per heavy atom. The van der Waals surface area contributed by atoms with E-state index < -0.39 is 41.6 Å². The Hall–Kier alpha value is -4.21. The van der Waals surface area contributed by atoms with Gasteiger partial charge in [0.25, 0.3) is 0 Å². The number of rotatable bonds is 17. The van der Waals surface area contributed by atoms with Crippen LogP contribution in [0.15, 0.2) is 49.6 Å². The molecule has 1 saturated heterocycles. The van der Waals surface area contributed by atoms with Gasteiger partial charge in [0.05, 0.1) is 32.4 Å². The monoisotopic (exact) mass is 659 g/mol. The summed E-state index contributed by atoms with van der Waals surface area (Å²) >= 11 is 1.20. The van der Waals surface area contributed by atoms with E-state index in [0.717, 1.165) is 12.2 Å². The van der Waals surface area contributed by atoms with Gasteiger partial charge in [0, 0.05) is 17.9 Å². The van der Waals surface area contributed by atoms with Crippen LogP contribution in [0.4, 0.5) is 5.69 Å². The number of nitrogens with one attached hydrogen (secondary N) is 3. The van der Waals surface area contributed by atoms with Gasteiger partial charge in [-0.15, -0.1) is 0 Å². The fourth-order valence-corrected chi connectivity index (χ4v) is 5.19. The predicted molar refractivity (Wildman–Crippen MR) is 175 cm³/mol. The molecule has 14 nitrogen and oxygen atoms in total. The third-order valence-electron chi connectivity index (χ3n) is 7.04. The third kappa shape index (κ3) is 11.9. The molecule has 1 aliphatic heterocycles. The predicted octanol–water partition coefficient (Wildman–Crippen LogP) is 0.349. The first-order chi connectivity index (χ1) is 21.9. The zero-order valence-corrected chi connectivity index (χ0v) is 27.2. The van der Waals surface area contributed by atoms with Gasteiger partial charge in [-0.1, -0.05) is 39.1 Å². The number of nitrogens with zero attached hydrogens (tertiary/aromatic N) is 3. The second kappa shape index (κ2) is 19.3. The molecule has 0 aliphatic carbocycles. The lowest BCUT2D eigenvalue weighted by Gasteiger charge is -2.41. The van der Waals surface area contributed by atoms with Crippen molar-refractivity contribution in [3.8, 4) is 0 Å². The fourth-order valence-electron chi connectivity index (χ4n) is 4.45. The standard InChI is InChI=1S/C31H45N7O7S/c1-5-26(41)36-18-37(27(42)6-2)20-38(19-36)28(43)13-15-46-17-25(40)35-29(21(3)4)31(45)34-24(8-7-14-32)30(44)33-23-11-9-22(16-39)10-12-23/h5-6,9-12,21,24,29,39H,1-2,7-8,13-20,32H2,3-4H3,(H,33,44)(H,34,45)(H,35,40)/t24-,29-/m0/s1. The highest BCUT2D eigenvalue weighted by Crippen LogP contribution is 2.14. The first-order valence-corrected chi connectivity index (χ1v) is 16.1. The molecular weight excluding hydrogens is 614 g/mol. The van der Waals surface area contributed by atoms with Crippen LogP contribution in [0.2, 0.25) is 0 Å². The molecule has 1 heterocycles. The van der Waals surface area contributed by atoms with Crippen molar-refractivity contribution in [1.82, 2.24) is 25.3 Å². The number of amides is 6. The topological polar surface area (TPSA) is 194 Å². The zero-order chi connectivity index (χ0) is 34.2.